The quantitative estimate of drug-likeness (QED) is 0.559. The summed E-state index contributed by atoms with van der Waals surface area (Å²) < 4.78 is 13.4. The van der Waals surface area contributed by atoms with Gasteiger partial charge in [0, 0.05) is 35.1 Å². The van der Waals surface area contributed by atoms with E-state index in [1.807, 2.05) is 13.8 Å². The number of amides is 1. The van der Waals surface area contributed by atoms with Crippen molar-refractivity contribution >= 4 is 40.6 Å². The zero-order valence-corrected chi connectivity index (χ0v) is 17.6. The van der Waals surface area contributed by atoms with E-state index >= 15 is 0 Å². The van der Waals surface area contributed by atoms with Gasteiger partial charge >= 0.3 is 0 Å². The minimum atomic E-state index is -0.385. The number of hydrogen-bond donors (Lipinski definition) is 0. The third-order valence-electron chi connectivity index (χ3n) is 5.57. The lowest BCUT2D eigenvalue weighted by molar-refractivity contribution is -0.121. The summed E-state index contributed by atoms with van der Waals surface area (Å²) in [6, 6.07) is 11.0. The van der Waals surface area contributed by atoms with Gasteiger partial charge in [-0.1, -0.05) is 49.2 Å². The maximum Gasteiger partial charge on any atom is 0.232 e. The van der Waals surface area contributed by atoms with Crippen LogP contribution in [0.3, 0.4) is 0 Å². The van der Waals surface area contributed by atoms with E-state index in [1.165, 1.54) is 12.1 Å². The smallest absolute Gasteiger partial charge is 0.232 e. The number of benzene rings is 2. The average molecular weight is 432 g/mol. The zero-order valence-electron chi connectivity index (χ0n) is 16.1. The van der Waals surface area contributed by atoms with Gasteiger partial charge in [-0.25, -0.2) is 4.39 Å². The number of rotatable bonds is 2. The van der Waals surface area contributed by atoms with Gasteiger partial charge in [0.1, 0.15) is 5.82 Å². The van der Waals surface area contributed by atoms with Gasteiger partial charge in [-0.2, -0.15) is 0 Å². The summed E-state index contributed by atoms with van der Waals surface area (Å²) in [5.74, 6) is -0.860. The van der Waals surface area contributed by atoms with Gasteiger partial charge in [-0.15, -0.1) is 0 Å². The Hall–Kier alpha value is -2.17. The lowest BCUT2D eigenvalue weighted by atomic mass is 9.69. The van der Waals surface area contributed by atoms with Crippen LogP contribution in [0, 0.1) is 11.2 Å². The van der Waals surface area contributed by atoms with Crippen LogP contribution in [0.2, 0.25) is 10.0 Å². The average Bonchev–Trinajstić information content (AvgIpc) is 2.62. The summed E-state index contributed by atoms with van der Waals surface area (Å²) in [4.78, 5) is 28.0. The van der Waals surface area contributed by atoms with Crippen LogP contribution in [0.5, 0.6) is 0 Å². The number of anilines is 1. The molecule has 1 amide bonds. The van der Waals surface area contributed by atoms with E-state index in [0.717, 1.165) is 5.56 Å². The lowest BCUT2D eigenvalue weighted by Crippen LogP contribution is -2.43. The Kier molecular flexibility index (Phi) is 5.04. The van der Waals surface area contributed by atoms with Gasteiger partial charge in [0.25, 0.3) is 0 Å². The summed E-state index contributed by atoms with van der Waals surface area (Å²) in [5, 5.41) is 0.829. The molecular weight excluding hydrogens is 412 g/mol. The minimum Gasteiger partial charge on any atom is -0.294 e. The molecule has 0 radical (unpaired) electrons. The zero-order chi connectivity index (χ0) is 20.9. The monoisotopic (exact) mass is 431 g/mol. The van der Waals surface area contributed by atoms with Crippen molar-refractivity contribution in [1.82, 2.24) is 0 Å². The molecule has 0 fully saturated rings. The highest BCUT2D eigenvalue weighted by Gasteiger charge is 2.44. The SMILES string of the molecule is CC1(C)CC(=O)C2=C(C1)N(c1ccc(Cl)cc1Cl)C(=O)CC2c1ccc(F)cc1. The maximum atomic E-state index is 13.4. The molecule has 1 atom stereocenters. The van der Waals surface area contributed by atoms with Crippen molar-refractivity contribution in [3.63, 3.8) is 0 Å². The fraction of sp³-hybridized carbons (Fsp3) is 0.304. The van der Waals surface area contributed by atoms with Crippen LogP contribution in [0.25, 0.3) is 0 Å². The first-order chi connectivity index (χ1) is 13.7. The first kappa shape index (κ1) is 20.1. The summed E-state index contributed by atoms with van der Waals surface area (Å²) in [7, 11) is 0. The molecule has 150 valence electrons. The highest BCUT2D eigenvalue weighted by Crippen LogP contribution is 2.49. The number of nitrogens with zero attached hydrogens (tertiary/aromatic N) is 1. The van der Waals surface area contributed by atoms with Crippen LogP contribution in [0.4, 0.5) is 10.1 Å². The van der Waals surface area contributed by atoms with Gasteiger partial charge in [-0.3, -0.25) is 14.5 Å². The van der Waals surface area contributed by atoms with Crippen molar-refractivity contribution in [3.05, 3.63) is 75.2 Å². The fourth-order valence-corrected chi connectivity index (χ4v) is 4.83. The third-order valence-corrected chi connectivity index (χ3v) is 6.10. The molecule has 2 aromatic carbocycles. The molecule has 0 saturated heterocycles. The molecule has 2 aliphatic rings. The van der Waals surface area contributed by atoms with E-state index in [2.05, 4.69) is 0 Å². The minimum absolute atomic E-state index is 0.0214. The van der Waals surface area contributed by atoms with E-state index < -0.39 is 0 Å². The van der Waals surface area contributed by atoms with Crippen LogP contribution in [0.15, 0.2) is 53.7 Å². The second kappa shape index (κ2) is 7.26. The molecule has 0 aromatic heterocycles. The standard InChI is InChI=1S/C23H20Cl2FNO2/c1-23(2)11-19-22(20(28)12-23)16(13-3-6-15(26)7-4-13)10-21(29)27(19)18-8-5-14(24)9-17(18)25/h3-9,16H,10-12H2,1-2H3. The number of Topliss-reactive ketones (excluding diaryl/α,β-unsaturated/α-hetero) is 1. The summed E-state index contributed by atoms with van der Waals surface area (Å²) in [6.07, 6.45) is 1.09. The van der Waals surface area contributed by atoms with Crippen LogP contribution in [0.1, 0.15) is 44.6 Å². The summed E-state index contributed by atoms with van der Waals surface area (Å²) in [6.45, 7) is 4.03. The van der Waals surface area contributed by atoms with E-state index in [-0.39, 0.29) is 35.3 Å². The van der Waals surface area contributed by atoms with Crippen molar-refractivity contribution in [1.29, 1.82) is 0 Å². The Morgan fingerprint density at radius 3 is 2.38 bits per heavy atom. The normalized spacial score (nSPS) is 21.4. The van der Waals surface area contributed by atoms with E-state index in [1.54, 1.807) is 35.2 Å². The molecule has 3 nitrogen and oxygen atoms in total. The topological polar surface area (TPSA) is 37.4 Å². The molecule has 4 rings (SSSR count). The molecule has 1 aliphatic heterocycles. The molecule has 0 N–H and O–H groups in total. The maximum absolute atomic E-state index is 13.4. The van der Waals surface area contributed by atoms with E-state index in [9.17, 15) is 14.0 Å². The Labute approximate surface area is 179 Å². The van der Waals surface area contributed by atoms with E-state index in [0.29, 0.717) is 39.8 Å². The van der Waals surface area contributed by atoms with Crippen molar-refractivity contribution in [3.8, 4) is 0 Å². The number of allylic oxidation sites excluding steroid dienone is 2. The summed E-state index contributed by atoms with van der Waals surface area (Å²) in [5.41, 5.74) is 2.32. The van der Waals surface area contributed by atoms with Gasteiger partial charge in [0.05, 0.1) is 10.7 Å². The van der Waals surface area contributed by atoms with Gasteiger partial charge in [0.15, 0.2) is 5.78 Å². The number of ketones is 1. The van der Waals surface area contributed by atoms with Crippen molar-refractivity contribution < 1.29 is 14.0 Å². The first-order valence-electron chi connectivity index (χ1n) is 9.46. The predicted molar refractivity (Wildman–Crippen MR) is 113 cm³/mol. The molecule has 0 spiro atoms. The molecule has 2 aromatic rings. The van der Waals surface area contributed by atoms with Crippen molar-refractivity contribution in [2.24, 2.45) is 5.41 Å². The Morgan fingerprint density at radius 1 is 1.03 bits per heavy atom. The number of carbonyl (C=O) groups is 2. The second-order valence-electron chi connectivity index (χ2n) is 8.43. The fourth-order valence-electron chi connectivity index (χ4n) is 4.34. The number of halogens is 3. The molecule has 1 heterocycles. The van der Waals surface area contributed by atoms with Crippen LogP contribution in [-0.4, -0.2) is 11.7 Å². The largest absolute Gasteiger partial charge is 0.294 e. The van der Waals surface area contributed by atoms with Crippen molar-refractivity contribution in [2.45, 2.75) is 39.0 Å². The molecule has 1 unspecified atom stereocenters. The Bertz CT molecular complexity index is 1040. The highest BCUT2D eigenvalue weighted by atomic mass is 35.5. The molecule has 29 heavy (non-hydrogen) atoms. The Balaban J connectivity index is 1.91. The van der Waals surface area contributed by atoms with Gasteiger partial charge < -0.3 is 0 Å². The van der Waals surface area contributed by atoms with Crippen molar-refractivity contribution in [2.75, 3.05) is 4.90 Å². The molecule has 0 bridgehead atoms. The number of hydrogen-bond acceptors (Lipinski definition) is 2. The first-order valence-corrected chi connectivity index (χ1v) is 10.2. The molecule has 1 aliphatic carbocycles. The van der Waals surface area contributed by atoms with E-state index in [4.69, 9.17) is 23.2 Å². The van der Waals surface area contributed by atoms with Crippen LogP contribution >= 0.6 is 23.2 Å². The lowest BCUT2D eigenvalue weighted by Gasteiger charge is -2.43. The molecule has 0 saturated carbocycles. The van der Waals surface area contributed by atoms with Crippen LogP contribution in [-0.2, 0) is 9.59 Å². The highest BCUT2D eigenvalue weighted by molar-refractivity contribution is 6.37. The van der Waals surface area contributed by atoms with Gasteiger partial charge in [-0.05, 0) is 47.7 Å². The molecular formula is C23H20Cl2FNO2. The second-order valence-corrected chi connectivity index (χ2v) is 9.28. The van der Waals surface area contributed by atoms with Gasteiger partial charge in [0.2, 0.25) is 5.91 Å². The number of carbonyl (C=O) groups excluding carboxylic acids is 2. The summed E-state index contributed by atoms with van der Waals surface area (Å²) >= 11 is 12.4. The molecule has 6 heteroatoms. The van der Waals surface area contributed by atoms with Crippen LogP contribution < -0.4 is 4.90 Å². The third kappa shape index (κ3) is 3.72. The predicted octanol–water partition coefficient (Wildman–Crippen LogP) is 6.30. The Morgan fingerprint density at radius 2 is 1.72 bits per heavy atom.